The van der Waals surface area contributed by atoms with Gasteiger partial charge in [-0.15, -0.1) is 11.8 Å². The summed E-state index contributed by atoms with van der Waals surface area (Å²) in [7, 11) is 0. The van der Waals surface area contributed by atoms with Crippen molar-refractivity contribution >= 4 is 11.8 Å². The topological polar surface area (TPSA) is 4.36 Å². The molecule has 0 heterocycles. The summed E-state index contributed by atoms with van der Waals surface area (Å²) >= 11 is 1.74. The van der Waals surface area contributed by atoms with E-state index in [0.29, 0.717) is 6.54 Å². The van der Waals surface area contributed by atoms with E-state index in [1.54, 1.807) is 11.8 Å². The highest BCUT2D eigenvalue weighted by Crippen LogP contribution is 2.19. The molecule has 0 N–H and O–H groups in total. The van der Waals surface area contributed by atoms with Gasteiger partial charge in [-0.05, 0) is 17.9 Å². The third-order valence-corrected chi connectivity index (χ3v) is 2.52. The minimum absolute atomic E-state index is 0.595. The molecule has 62 valence electrons. The Morgan fingerprint density at radius 2 is 2.17 bits per heavy atom. The summed E-state index contributed by atoms with van der Waals surface area (Å²) < 4.78 is 0. The summed E-state index contributed by atoms with van der Waals surface area (Å²) in [5, 5.41) is 0. The number of benzene rings is 1. The van der Waals surface area contributed by atoms with E-state index in [0.717, 1.165) is 6.42 Å². The fourth-order valence-electron chi connectivity index (χ4n) is 1.09. The Balaban J connectivity index is 2.76. The van der Waals surface area contributed by atoms with Crippen LogP contribution in [0.25, 0.3) is 4.85 Å². The monoisotopic (exact) mass is 177 g/mol. The Labute approximate surface area is 77.6 Å². The molecular weight excluding hydrogens is 166 g/mol. The molecule has 0 fully saturated rings. The fraction of sp³-hybridized carbons (Fsp3) is 0.300. The summed E-state index contributed by atoms with van der Waals surface area (Å²) in [4.78, 5) is 4.64. The Morgan fingerprint density at radius 3 is 2.83 bits per heavy atom. The quantitative estimate of drug-likeness (QED) is 0.507. The maximum absolute atomic E-state index is 6.70. The van der Waals surface area contributed by atoms with Crippen LogP contribution in [0.2, 0.25) is 0 Å². The minimum Gasteiger partial charge on any atom is -0.317 e. The third-order valence-electron chi connectivity index (χ3n) is 1.69. The molecule has 1 rings (SSSR count). The molecule has 0 aliphatic carbocycles. The van der Waals surface area contributed by atoms with Crippen LogP contribution in [0.1, 0.15) is 5.56 Å². The van der Waals surface area contributed by atoms with Crippen LogP contribution in [0.5, 0.6) is 0 Å². The highest BCUT2D eigenvalue weighted by Gasteiger charge is 2.00. The van der Waals surface area contributed by atoms with Gasteiger partial charge in [0.05, 0.1) is 0 Å². The average Bonchev–Trinajstić information content (AvgIpc) is 2.15. The molecule has 0 aliphatic heterocycles. The molecule has 1 aromatic rings. The molecule has 0 bridgehead atoms. The Morgan fingerprint density at radius 1 is 1.42 bits per heavy atom. The normalized spacial score (nSPS) is 9.33. The number of rotatable bonds is 3. The lowest BCUT2D eigenvalue weighted by atomic mass is 10.1. The maximum atomic E-state index is 6.70. The molecule has 0 aliphatic rings. The second-order valence-electron chi connectivity index (χ2n) is 2.44. The zero-order valence-corrected chi connectivity index (χ0v) is 7.90. The zero-order chi connectivity index (χ0) is 8.81. The molecule has 0 aromatic heterocycles. The van der Waals surface area contributed by atoms with Crippen molar-refractivity contribution in [1.82, 2.24) is 0 Å². The molecule has 0 atom stereocenters. The molecular formula is C10H11NS. The van der Waals surface area contributed by atoms with Crippen molar-refractivity contribution in [3.63, 3.8) is 0 Å². The maximum Gasteiger partial charge on any atom is 0.218 e. The molecule has 2 heteroatoms. The van der Waals surface area contributed by atoms with Gasteiger partial charge in [-0.3, -0.25) is 0 Å². The van der Waals surface area contributed by atoms with Gasteiger partial charge in [-0.25, -0.2) is 6.57 Å². The van der Waals surface area contributed by atoms with Crippen molar-refractivity contribution in [2.45, 2.75) is 11.3 Å². The summed E-state index contributed by atoms with van der Waals surface area (Å²) in [5.74, 6) is 0. The van der Waals surface area contributed by atoms with Crippen LogP contribution in [0.4, 0.5) is 0 Å². The van der Waals surface area contributed by atoms with Crippen molar-refractivity contribution in [3.05, 3.63) is 41.2 Å². The Kier molecular flexibility index (Phi) is 3.69. The van der Waals surface area contributed by atoms with Gasteiger partial charge in [-0.1, -0.05) is 18.2 Å². The van der Waals surface area contributed by atoms with E-state index in [-0.39, 0.29) is 0 Å². The number of hydrogen-bond acceptors (Lipinski definition) is 1. The van der Waals surface area contributed by atoms with Crippen LogP contribution < -0.4 is 0 Å². The van der Waals surface area contributed by atoms with Crippen LogP contribution in [0, 0.1) is 6.57 Å². The SMILES string of the molecule is [C-]#[N+]CCc1ccccc1SC. The zero-order valence-electron chi connectivity index (χ0n) is 7.08. The predicted molar refractivity (Wildman–Crippen MR) is 53.4 cm³/mol. The van der Waals surface area contributed by atoms with E-state index in [2.05, 4.69) is 23.2 Å². The van der Waals surface area contributed by atoms with Gasteiger partial charge in [0.25, 0.3) is 0 Å². The lowest BCUT2D eigenvalue weighted by Gasteiger charge is -2.02. The van der Waals surface area contributed by atoms with E-state index >= 15 is 0 Å². The van der Waals surface area contributed by atoms with Gasteiger partial charge in [0.2, 0.25) is 6.54 Å². The molecule has 1 nitrogen and oxygen atoms in total. The van der Waals surface area contributed by atoms with Gasteiger partial charge in [0.1, 0.15) is 0 Å². The van der Waals surface area contributed by atoms with Gasteiger partial charge < -0.3 is 4.85 Å². The number of thioether (sulfide) groups is 1. The smallest absolute Gasteiger partial charge is 0.218 e. The lowest BCUT2D eigenvalue weighted by Crippen LogP contribution is -1.89. The van der Waals surface area contributed by atoms with Crippen molar-refractivity contribution in [1.29, 1.82) is 0 Å². The highest BCUT2D eigenvalue weighted by molar-refractivity contribution is 7.98. The standard InChI is InChI=1S/C10H11NS/c1-11-8-7-9-5-3-4-6-10(9)12-2/h3-6H,7-8H2,2H3. The van der Waals surface area contributed by atoms with E-state index in [4.69, 9.17) is 6.57 Å². The van der Waals surface area contributed by atoms with E-state index < -0.39 is 0 Å². The fourth-order valence-corrected chi connectivity index (χ4v) is 1.73. The van der Waals surface area contributed by atoms with Crippen LogP contribution in [0.3, 0.4) is 0 Å². The number of hydrogen-bond donors (Lipinski definition) is 0. The first-order chi connectivity index (χ1) is 5.88. The Bertz CT molecular complexity index is 288. The van der Waals surface area contributed by atoms with Crippen molar-refractivity contribution in [3.8, 4) is 0 Å². The minimum atomic E-state index is 0.595. The first kappa shape index (κ1) is 9.15. The van der Waals surface area contributed by atoms with Crippen LogP contribution in [-0.2, 0) is 6.42 Å². The van der Waals surface area contributed by atoms with Crippen LogP contribution >= 0.6 is 11.8 Å². The van der Waals surface area contributed by atoms with E-state index in [1.165, 1.54) is 10.5 Å². The summed E-state index contributed by atoms with van der Waals surface area (Å²) in [6.07, 6.45) is 2.94. The second-order valence-corrected chi connectivity index (χ2v) is 3.29. The Hall–Kier alpha value is -0.940. The van der Waals surface area contributed by atoms with E-state index in [1.807, 2.05) is 12.1 Å². The molecule has 0 amide bonds. The lowest BCUT2D eigenvalue weighted by molar-refractivity contribution is 1.04. The molecule has 0 spiro atoms. The molecule has 12 heavy (non-hydrogen) atoms. The highest BCUT2D eigenvalue weighted by atomic mass is 32.2. The summed E-state index contributed by atoms with van der Waals surface area (Å²) in [5.41, 5.74) is 1.29. The average molecular weight is 177 g/mol. The van der Waals surface area contributed by atoms with Gasteiger partial charge >= 0.3 is 0 Å². The van der Waals surface area contributed by atoms with Crippen molar-refractivity contribution in [2.24, 2.45) is 0 Å². The largest absolute Gasteiger partial charge is 0.317 e. The predicted octanol–water partition coefficient (Wildman–Crippen LogP) is 2.87. The van der Waals surface area contributed by atoms with Crippen molar-refractivity contribution < 1.29 is 0 Å². The van der Waals surface area contributed by atoms with Crippen LogP contribution in [-0.4, -0.2) is 12.8 Å². The molecule has 0 unspecified atom stereocenters. The molecule has 0 radical (unpaired) electrons. The third kappa shape index (κ3) is 2.28. The molecule has 0 saturated carbocycles. The van der Waals surface area contributed by atoms with Gasteiger partial charge in [-0.2, -0.15) is 0 Å². The first-order valence-electron chi connectivity index (χ1n) is 3.83. The van der Waals surface area contributed by atoms with Crippen molar-refractivity contribution in [2.75, 3.05) is 12.8 Å². The van der Waals surface area contributed by atoms with E-state index in [9.17, 15) is 0 Å². The van der Waals surface area contributed by atoms with Gasteiger partial charge in [0, 0.05) is 11.3 Å². The molecule has 1 aromatic carbocycles. The van der Waals surface area contributed by atoms with Gasteiger partial charge in [0.15, 0.2) is 0 Å². The second kappa shape index (κ2) is 4.84. The van der Waals surface area contributed by atoms with Crippen LogP contribution in [0.15, 0.2) is 29.2 Å². The summed E-state index contributed by atoms with van der Waals surface area (Å²) in [6, 6.07) is 8.26. The number of nitrogens with zero attached hydrogens (tertiary/aromatic N) is 1. The first-order valence-corrected chi connectivity index (χ1v) is 5.06. The summed E-state index contributed by atoms with van der Waals surface area (Å²) in [6.45, 7) is 7.29. The molecule has 0 saturated heterocycles.